The first kappa shape index (κ1) is 22.3. The summed E-state index contributed by atoms with van der Waals surface area (Å²) in [7, 11) is 0. The van der Waals surface area contributed by atoms with Crippen molar-refractivity contribution in [1.82, 2.24) is 0 Å². The number of hydrogen-bond donors (Lipinski definition) is 9. The van der Waals surface area contributed by atoms with E-state index < -0.39 is 86.5 Å². The molecule has 9 N–H and O–H groups in total. The predicted octanol–water partition coefficient (Wildman–Crippen LogP) is -5.55. The second kappa shape index (κ2) is 8.59. The van der Waals surface area contributed by atoms with Crippen molar-refractivity contribution < 1.29 is 65.0 Å². The molecule has 2 aliphatic heterocycles. The third-order valence-corrected chi connectivity index (χ3v) is 4.60. The van der Waals surface area contributed by atoms with Crippen LogP contribution in [0.3, 0.4) is 0 Å². The Hall–Kier alpha value is -0.970. The summed E-state index contributed by atoms with van der Waals surface area (Å²) >= 11 is 0. The van der Waals surface area contributed by atoms with Crippen LogP contribution in [0.25, 0.3) is 0 Å². The molecule has 10 atom stereocenters. The Morgan fingerprint density at radius 2 is 1.70 bits per heavy atom. The fourth-order valence-electron chi connectivity index (χ4n) is 2.94. The zero-order valence-corrected chi connectivity index (χ0v) is 14.0. The lowest BCUT2D eigenvalue weighted by molar-refractivity contribution is -0.342. The van der Waals surface area contributed by atoms with E-state index in [0.29, 0.717) is 0 Å². The van der Waals surface area contributed by atoms with Gasteiger partial charge in [-0.15, -0.1) is 0 Å². The summed E-state index contributed by atoms with van der Waals surface area (Å²) in [5.41, 5.74) is 0. The second-order valence-corrected chi connectivity index (χ2v) is 6.50. The van der Waals surface area contributed by atoms with Crippen molar-refractivity contribution >= 4 is 5.97 Å². The van der Waals surface area contributed by atoms with Gasteiger partial charge in [-0.3, -0.25) is 0 Å². The number of carboxylic acid groups (broad SMARTS) is 1. The average Bonchev–Trinajstić information content (AvgIpc) is 2.63. The smallest absolute Gasteiger partial charge is 0.364 e. The molecule has 0 aliphatic carbocycles. The van der Waals surface area contributed by atoms with Crippen LogP contribution in [0.1, 0.15) is 6.42 Å². The van der Waals surface area contributed by atoms with Gasteiger partial charge in [0, 0.05) is 6.42 Å². The summed E-state index contributed by atoms with van der Waals surface area (Å²) in [6, 6.07) is 0. The third kappa shape index (κ3) is 4.38. The molecule has 2 aliphatic rings. The largest absolute Gasteiger partial charge is 0.477 e. The van der Waals surface area contributed by atoms with Crippen LogP contribution >= 0.6 is 0 Å². The van der Waals surface area contributed by atoms with Crippen LogP contribution in [-0.2, 0) is 19.0 Å². The number of hydrogen-bond acceptors (Lipinski definition) is 12. The van der Waals surface area contributed by atoms with Gasteiger partial charge >= 0.3 is 5.97 Å². The van der Waals surface area contributed by atoms with Gasteiger partial charge in [-0.2, -0.15) is 0 Å². The summed E-state index contributed by atoms with van der Waals surface area (Å²) in [5, 5.41) is 86.4. The Morgan fingerprint density at radius 1 is 1.07 bits per heavy atom. The normalized spacial score (nSPS) is 46.8. The van der Waals surface area contributed by atoms with Gasteiger partial charge in [0.1, 0.15) is 42.7 Å². The first-order chi connectivity index (χ1) is 12.5. The fourth-order valence-corrected chi connectivity index (χ4v) is 2.94. The molecule has 2 heterocycles. The molecule has 0 radical (unpaired) electrons. The van der Waals surface area contributed by atoms with E-state index in [1.165, 1.54) is 0 Å². The van der Waals surface area contributed by atoms with Crippen molar-refractivity contribution in [3.8, 4) is 0 Å². The van der Waals surface area contributed by atoms with Crippen molar-refractivity contribution in [2.45, 2.75) is 67.3 Å². The van der Waals surface area contributed by atoms with E-state index in [4.69, 9.17) is 19.3 Å². The molecule has 2 fully saturated rings. The molecule has 13 heteroatoms. The molecule has 0 aromatic rings. The lowest BCUT2D eigenvalue weighted by Gasteiger charge is -2.45. The van der Waals surface area contributed by atoms with Crippen LogP contribution in [-0.4, -0.2) is 126 Å². The first-order valence-electron chi connectivity index (χ1n) is 8.12. The molecular formula is C14H24O13. The molecule has 2 rings (SSSR count). The highest BCUT2D eigenvalue weighted by Gasteiger charge is 2.55. The molecule has 1 unspecified atom stereocenters. The number of aliphatic hydroxyl groups excluding tert-OH is 8. The van der Waals surface area contributed by atoms with Crippen LogP contribution in [0, 0.1) is 0 Å². The number of ether oxygens (including phenoxy) is 3. The van der Waals surface area contributed by atoms with E-state index in [-0.39, 0.29) is 0 Å². The highest BCUT2D eigenvalue weighted by Crippen LogP contribution is 2.33. The molecule has 0 amide bonds. The predicted molar refractivity (Wildman–Crippen MR) is 79.8 cm³/mol. The summed E-state index contributed by atoms with van der Waals surface area (Å²) < 4.78 is 15.1. The zero-order valence-electron chi connectivity index (χ0n) is 14.0. The van der Waals surface area contributed by atoms with E-state index in [1.807, 2.05) is 0 Å². The summed E-state index contributed by atoms with van der Waals surface area (Å²) in [6.45, 7) is -1.66. The van der Waals surface area contributed by atoms with Gasteiger partial charge in [0.05, 0.1) is 19.3 Å². The van der Waals surface area contributed by atoms with Crippen LogP contribution in [0.5, 0.6) is 0 Å². The minimum absolute atomic E-state index is 0.765. The van der Waals surface area contributed by atoms with Crippen molar-refractivity contribution in [3.05, 3.63) is 0 Å². The number of carbonyl (C=O) groups is 1. The lowest BCUT2D eigenvalue weighted by atomic mass is 9.92. The van der Waals surface area contributed by atoms with Crippen LogP contribution in [0.4, 0.5) is 0 Å². The van der Waals surface area contributed by atoms with Crippen molar-refractivity contribution in [1.29, 1.82) is 0 Å². The lowest BCUT2D eigenvalue weighted by Crippen LogP contribution is -2.64. The summed E-state index contributed by atoms with van der Waals surface area (Å²) in [5.74, 6) is -4.33. The molecule has 0 spiro atoms. The maximum atomic E-state index is 11.7. The van der Waals surface area contributed by atoms with Gasteiger partial charge < -0.3 is 60.2 Å². The molecule has 2 saturated heterocycles. The van der Waals surface area contributed by atoms with Gasteiger partial charge in [0.15, 0.2) is 6.29 Å². The Morgan fingerprint density at radius 3 is 2.26 bits per heavy atom. The number of aliphatic hydroxyl groups is 8. The number of aliphatic carboxylic acids is 1. The minimum atomic E-state index is -2.59. The molecule has 0 bridgehead atoms. The van der Waals surface area contributed by atoms with E-state index in [1.54, 1.807) is 0 Å². The summed E-state index contributed by atoms with van der Waals surface area (Å²) in [4.78, 5) is 11.7. The molecule has 158 valence electrons. The van der Waals surface area contributed by atoms with Crippen LogP contribution in [0.2, 0.25) is 0 Å². The maximum absolute atomic E-state index is 11.7. The Balaban J connectivity index is 2.16. The molecule has 0 aromatic heterocycles. The van der Waals surface area contributed by atoms with Gasteiger partial charge in [-0.05, 0) is 0 Å². The standard InChI is InChI=1S/C14H24O13/c15-2-5(17)11-7(18)4(16)1-14(27-11,13(23)24)25-3-6-8(19)9(20)10(21)12(22)26-6/h4-12,15-22H,1-3H2,(H,23,24)/t4-,5-,6-,7-,8-,9+,10-,11-,12?,14+/m1/s1. The third-order valence-electron chi connectivity index (χ3n) is 4.60. The van der Waals surface area contributed by atoms with Gasteiger partial charge in [-0.1, -0.05) is 0 Å². The maximum Gasteiger partial charge on any atom is 0.364 e. The second-order valence-electron chi connectivity index (χ2n) is 6.50. The topological polar surface area (TPSA) is 227 Å². The fraction of sp³-hybridized carbons (Fsp3) is 0.929. The highest BCUT2D eigenvalue weighted by molar-refractivity contribution is 5.76. The molecular weight excluding hydrogens is 376 g/mol. The number of rotatable bonds is 6. The van der Waals surface area contributed by atoms with E-state index in [2.05, 4.69) is 0 Å². The van der Waals surface area contributed by atoms with E-state index in [9.17, 15) is 45.6 Å². The van der Waals surface area contributed by atoms with Crippen LogP contribution in [0.15, 0.2) is 0 Å². The molecule has 0 saturated carbocycles. The minimum Gasteiger partial charge on any atom is -0.477 e. The summed E-state index contributed by atoms with van der Waals surface area (Å²) in [6.07, 6.45) is -16.3. The number of carboxylic acids is 1. The quantitative estimate of drug-likeness (QED) is 0.203. The Labute approximate surface area is 152 Å². The molecule has 0 aromatic carbocycles. The molecule has 13 nitrogen and oxygen atoms in total. The van der Waals surface area contributed by atoms with E-state index in [0.717, 1.165) is 0 Å². The van der Waals surface area contributed by atoms with Crippen LogP contribution < -0.4 is 0 Å². The van der Waals surface area contributed by atoms with Gasteiger partial charge in [0.2, 0.25) is 0 Å². The molecule has 27 heavy (non-hydrogen) atoms. The average molecular weight is 400 g/mol. The van der Waals surface area contributed by atoms with Gasteiger partial charge in [-0.25, -0.2) is 4.79 Å². The SMILES string of the molecule is O=C(O)[C@]1(OC[C@H]2OC(O)[C@H](O)[C@@H](O)[C@@H]2O)C[C@@H](O)[C@@H](O)[C@@H]([C@H](O)CO)O1. The van der Waals surface area contributed by atoms with Crippen molar-refractivity contribution in [2.24, 2.45) is 0 Å². The zero-order chi connectivity index (χ0) is 20.5. The van der Waals surface area contributed by atoms with E-state index >= 15 is 0 Å². The first-order valence-corrected chi connectivity index (χ1v) is 8.12. The van der Waals surface area contributed by atoms with Crippen molar-refractivity contribution in [3.63, 3.8) is 0 Å². The van der Waals surface area contributed by atoms with Crippen molar-refractivity contribution in [2.75, 3.05) is 13.2 Å². The Bertz CT molecular complexity index is 517. The van der Waals surface area contributed by atoms with Gasteiger partial charge in [0.25, 0.3) is 5.79 Å². The highest BCUT2D eigenvalue weighted by atomic mass is 16.7. The monoisotopic (exact) mass is 400 g/mol. The Kier molecular flexibility index (Phi) is 7.10.